The maximum atomic E-state index is 13.5. The normalized spacial score (nSPS) is 10.8. The van der Waals surface area contributed by atoms with Crippen molar-refractivity contribution in [1.29, 1.82) is 0 Å². The van der Waals surface area contributed by atoms with Crippen molar-refractivity contribution in [3.63, 3.8) is 0 Å². The average Bonchev–Trinajstić information content (AvgIpc) is 2.64. The molecule has 0 radical (unpaired) electrons. The predicted molar refractivity (Wildman–Crippen MR) is 101 cm³/mol. The number of carbonyl (C=O) groups excluding carboxylic acids is 1. The molecular formula is C20H17F3N4O2. The van der Waals surface area contributed by atoms with Crippen LogP contribution in [0.15, 0.2) is 41.3 Å². The molecule has 150 valence electrons. The SMILES string of the molecule is CC(=O)Cc1ccc(C)c(Nc2nc(=O)cnn2Cc2cc(F)c(F)c(F)c2)c1. The van der Waals surface area contributed by atoms with E-state index in [-0.39, 0.29) is 30.3 Å². The Kier molecular flexibility index (Phi) is 5.76. The molecule has 1 heterocycles. The molecule has 0 aliphatic heterocycles. The number of benzene rings is 2. The van der Waals surface area contributed by atoms with Crippen molar-refractivity contribution in [3.8, 4) is 0 Å². The largest absolute Gasteiger partial charge is 0.324 e. The van der Waals surface area contributed by atoms with Gasteiger partial charge in [-0.15, -0.1) is 0 Å². The molecule has 0 aliphatic carbocycles. The first-order chi connectivity index (χ1) is 13.7. The lowest BCUT2D eigenvalue weighted by molar-refractivity contribution is -0.116. The van der Waals surface area contributed by atoms with Gasteiger partial charge in [-0.25, -0.2) is 17.9 Å². The maximum Gasteiger partial charge on any atom is 0.293 e. The van der Waals surface area contributed by atoms with E-state index in [0.29, 0.717) is 5.69 Å². The van der Waals surface area contributed by atoms with Gasteiger partial charge in [0.25, 0.3) is 5.56 Å². The first-order valence-corrected chi connectivity index (χ1v) is 8.66. The number of hydrogen-bond donors (Lipinski definition) is 1. The molecule has 0 fully saturated rings. The molecule has 2 aromatic carbocycles. The summed E-state index contributed by atoms with van der Waals surface area (Å²) in [5, 5.41) is 6.91. The van der Waals surface area contributed by atoms with E-state index < -0.39 is 23.0 Å². The Bertz CT molecular complexity index is 1120. The maximum absolute atomic E-state index is 13.5. The topological polar surface area (TPSA) is 76.9 Å². The van der Waals surface area contributed by atoms with E-state index in [1.165, 1.54) is 11.6 Å². The number of halogens is 3. The second-order valence-corrected chi connectivity index (χ2v) is 6.60. The Labute approximate surface area is 164 Å². The number of aryl methyl sites for hydroxylation is 1. The Morgan fingerprint density at radius 1 is 1.10 bits per heavy atom. The fourth-order valence-corrected chi connectivity index (χ4v) is 2.77. The van der Waals surface area contributed by atoms with Crippen LogP contribution in [0.3, 0.4) is 0 Å². The second-order valence-electron chi connectivity index (χ2n) is 6.60. The van der Waals surface area contributed by atoms with E-state index in [2.05, 4.69) is 15.4 Å². The number of aromatic nitrogens is 3. The highest BCUT2D eigenvalue weighted by Crippen LogP contribution is 2.22. The fraction of sp³-hybridized carbons (Fsp3) is 0.200. The molecule has 6 nitrogen and oxygen atoms in total. The van der Waals surface area contributed by atoms with Gasteiger partial charge in [-0.3, -0.25) is 9.59 Å². The van der Waals surface area contributed by atoms with Crippen LogP contribution in [0.1, 0.15) is 23.6 Å². The summed E-state index contributed by atoms with van der Waals surface area (Å²) in [6.07, 6.45) is 1.21. The van der Waals surface area contributed by atoms with Crippen LogP contribution in [0, 0.1) is 24.4 Å². The zero-order valence-corrected chi connectivity index (χ0v) is 15.7. The minimum atomic E-state index is -1.56. The Morgan fingerprint density at radius 3 is 2.45 bits per heavy atom. The van der Waals surface area contributed by atoms with E-state index in [0.717, 1.165) is 29.5 Å². The molecule has 1 N–H and O–H groups in total. The van der Waals surface area contributed by atoms with Crippen molar-refractivity contribution in [2.45, 2.75) is 26.8 Å². The number of nitrogens with zero attached hydrogens (tertiary/aromatic N) is 3. The third kappa shape index (κ3) is 4.87. The smallest absolute Gasteiger partial charge is 0.293 e. The van der Waals surface area contributed by atoms with Gasteiger partial charge in [0, 0.05) is 12.1 Å². The Hall–Kier alpha value is -3.49. The third-order valence-corrected chi connectivity index (χ3v) is 4.15. The summed E-state index contributed by atoms with van der Waals surface area (Å²) in [6, 6.07) is 7.07. The van der Waals surface area contributed by atoms with Gasteiger partial charge in [0.2, 0.25) is 5.95 Å². The monoisotopic (exact) mass is 402 g/mol. The van der Waals surface area contributed by atoms with Crippen LogP contribution in [-0.4, -0.2) is 20.5 Å². The lowest BCUT2D eigenvalue weighted by Crippen LogP contribution is -2.19. The first-order valence-electron chi connectivity index (χ1n) is 8.66. The molecule has 0 atom stereocenters. The van der Waals surface area contributed by atoms with Gasteiger partial charge in [0.1, 0.15) is 12.0 Å². The number of rotatable bonds is 6. The summed E-state index contributed by atoms with van der Waals surface area (Å²) < 4.78 is 41.4. The van der Waals surface area contributed by atoms with E-state index in [4.69, 9.17) is 0 Å². The first kappa shape index (κ1) is 20.2. The summed E-state index contributed by atoms with van der Waals surface area (Å²) in [5.74, 6) is -4.18. The van der Waals surface area contributed by atoms with Crippen LogP contribution in [0.25, 0.3) is 0 Å². The minimum Gasteiger partial charge on any atom is -0.324 e. The zero-order valence-electron chi connectivity index (χ0n) is 15.7. The quantitative estimate of drug-likeness (QED) is 0.641. The van der Waals surface area contributed by atoms with E-state index in [9.17, 15) is 22.8 Å². The summed E-state index contributed by atoms with van der Waals surface area (Å²) in [4.78, 5) is 26.9. The van der Waals surface area contributed by atoms with Gasteiger partial charge in [-0.1, -0.05) is 12.1 Å². The van der Waals surface area contributed by atoms with Gasteiger partial charge in [-0.2, -0.15) is 10.1 Å². The molecule has 1 aromatic heterocycles. The highest BCUT2D eigenvalue weighted by molar-refractivity contribution is 5.78. The zero-order chi connectivity index (χ0) is 21.1. The summed E-state index contributed by atoms with van der Waals surface area (Å²) in [5.41, 5.74) is 1.67. The van der Waals surface area contributed by atoms with Crippen LogP contribution in [0.4, 0.5) is 24.8 Å². The van der Waals surface area contributed by atoms with Crippen molar-refractivity contribution in [2.75, 3.05) is 5.32 Å². The molecular weight excluding hydrogens is 385 g/mol. The van der Waals surface area contributed by atoms with E-state index in [1.807, 2.05) is 19.1 Å². The number of carbonyl (C=O) groups is 1. The molecule has 9 heteroatoms. The molecule has 0 aliphatic rings. The molecule has 0 amide bonds. The summed E-state index contributed by atoms with van der Waals surface area (Å²) in [6.45, 7) is 3.15. The number of ketones is 1. The molecule has 3 rings (SSSR count). The van der Waals surface area contributed by atoms with Crippen LogP contribution < -0.4 is 10.9 Å². The van der Waals surface area contributed by atoms with Crippen molar-refractivity contribution in [2.24, 2.45) is 0 Å². The minimum absolute atomic E-state index is 0.00317. The fourth-order valence-electron chi connectivity index (χ4n) is 2.77. The predicted octanol–water partition coefficient (Wildman–Crippen LogP) is 3.29. The summed E-state index contributed by atoms with van der Waals surface area (Å²) >= 11 is 0. The van der Waals surface area contributed by atoms with E-state index >= 15 is 0 Å². The van der Waals surface area contributed by atoms with Crippen LogP contribution >= 0.6 is 0 Å². The lowest BCUT2D eigenvalue weighted by Gasteiger charge is -2.15. The van der Waals surface area contributed by atoms with Crippen molar-refractivity contribution in [1.82, 2.24) is 14.8 Å². The lowest BCUT2D eigenvalue weighted by atomic mass is 10.1. The van der Waals surface area contributed by atoms with Crippen molar-refractivity contribution in [3.05, 3.63) is 81.0 Å². The number of Topliss-reactive ketones (excluding diaryl/α,β-unsaturated/α-hetero) is 1. The number of anilines is 2. The molecule has 0 spiro atoms. The van der Waals surface area contributed by atoms with Crippen LogP contribution in [0.5, 0.6) is 0 Å². The molecule has 0 bridgehead atoms. The van der Waals surface area contributed by atoms with E-state index in [1.54, 1.807) is 6.07 Å². The Balaban J connectivity index is 1.96. The van der Waals surface area contributed by atoms with Gasteiger partial charge < -0.3 is 5.32 Å². The van der Waals surface area contributed by atoms with Gasteiger partial charge >= 0.3 is 0 Å². The van der Waals surface area contributed by atoms with Crippen molar-refractivity contribution >= 4 is 17.4 Å². The third-order valence-electron chi connectivity index (χ3n) is 4.15. The molecule has 0 saturated heterocycles. The van der Waals surface area contributed by atoms with Gasteiger partial charge in [0.05, 0.1) is 6.54 Å². The standard InChI is InChI=1S/C20H17F3N4O2/c1-11-3-4-13(5-12(2)28)8-17(11)25-20-26-18(29)9-24-27(20)10-14-6-15(21)19(23)16(22)7-14/h3-4,6-9H,5,10H2,1-2H3,(H,25,26,29). The number of nitrogens with one attached hydrogen (secondary N) is 1. The highest BCUT2D eigenvalue weighted by Gasteiger charge is 2.13. The molecule has 0 saturated carbocycles. The van der Waals surface area contributed by atoms with Crippen LogP contribution in [-0.2, 0) is 17.8 Å². The average molecular weight is 402 g/mol. The molecule has 0 unspecified atom stereocenters. The van der Waals surface area contributed by atoms with Gasteiger partial charge in [0.15, 0.2) is 17.5 Å². The summed E-state index contributed by atoms with van der Waals surface area (Å²) in [7, 11) is 0. The highest BCUT2D eigenvalue weighted by atomic mass is 19.2. The van der Waals surface area contributed by atoms with Crippen LogP contribution in [0.2, 0.25) is 0 Å². The number of hydrogen-bond acceptors (Lipinski definition) is 5. The van der Waals surface area contributed by atoms with Gasteiger partial charge in [-0.05, 0) is 48.7 Å². The Morgan fingerprint density at radius 2 is 1.79 bits per heavy atom. The van der Waals surface area contributed by atoms with Crippen molar-refractivity contribution < 1.29 is 18.0 Å². The second kappa shape index (κ2) is 8.26. The molecule has 29 heavy (non-hydrogen) atoms. The molecule has 3 aromatic rings.